The Labute approximate surface area is 400 Å². The number of benzene rings is 5. The molecule has 0 aliphatic heterocycles. The summed E-state index contributed by atoms with van der Waals surface area (Å²) < 4.78 is 76.0. The largest absolute Gasteiger partial charge is 0.486 e. The van der Waals surface area contributed by atoms with E-state index in [2.05, 4.69) is 111 Å². The fourth-order valence-electron chi connectivity index (χ4n) is 8.73. The predicted octanol–water partition coefficient (Wildman–Crippen LogP) is 15.7. The van der Waals surface area contributed by atoms with Gasteiger partial charge in [0.1, 0.15) is 0 Å². The first-order valence-electron chi connectivity index (χ1n) is 25.3. The maximum Gasteiger partial charge on any atom is 0.216 e. The zero-order chi connectivity index (χ0) is 49.9. The van der Waals surface area contributed by atoms with E-state index in [4.69, 9.17) is 17.6 Å². The fourth-order valence-corrected chi connectivity index (χ4v) is 8.73. The first kappa shape index (κ1) is 36.6. The van der Waals surface area contributed by atoms with Crippen molar-refractivity contribution < 1.29 is 38.5 Å². The van der Waals surface area contributed by atoms with Gasteiger partial charge in [-0.2, -0.15) is 0 Å². The number of aryl methyl sites for hydroxylation is 2. The standard InChI is InChI=1S/C45H46N3O.C12H9FN.Ir/c1-27(2)37-25-33(31-18-16-30(17-19-31)32-21-23-45(6,7)24-22-32)26-38(28(3)4)41(37)48-40-14-9-8-13-39(40)47-43(48)36-12-10-11-34-35-20-15-29(5)46-44(35)49-42(34)36;1-9-2-7-12(14-8-9)10-3-5-11(13)6-4-10;/h8-11,13-20,25-28,32H,21-24H2,1-7H3;2-3,5-8H,1H3;/q2*-1;/i5D3,32D;1D3;. The molecule has 0 atom stereocenters. The predicted molar refractivity (Wildman–Crippen MR) is 257 cm³/mol. The molecule has 0 unspecified atom stereocenters. The summed E-state index contributed by atoms with van der Waals surface area (Å²) >= 11 is 0. The molecule has 0 spiro atoms. The molecule has 64 heavy (non-hydrogen) atoms. The molecule has 1 fully saturated rings. The zero-order valence-electron chi connectivity index (χ0n) is 43.9. The van der Waals surface area contributed by atoms with Crippen LogP contribution in [0, 0.1) is 37.1 Å². The molecule has 0 saturated heterocycles. The van der Waals surface area contributed by atoms with Gasteiger partial charge in [-0.1, -0.05) is 101 Å². The Bertz CT molecular complexity index is 3320. The maximum absolute atomic E-state index is 12.7. The molecule has 4 aromatic heterocycles. The second-order valence-electron chi connectivity index (χ2n) is 18.0. The average molecular weight is 1030 g/mol. The minimum atomic E-state index is -2.35. The minimum Gasteiger partial charge on any atom is -0.486 e. The van der Waals surface area contributed by atoms with Crippen molar-refractivity contribution in [3.05, 3.63) is 167 Å². The van der Waals surface area contributed by atoms with Crippen LogP contribution in [-0.2, 0) is 20.1 Å². The van der Waals surface area contributed by atoms with E-state index in [1.807, 2.05) is 30.3 Å². The molecular weight excluding hydrogens is 968 g/mol. The number of furan rings is 1. The summed E-state index contributed by atoms with van der Waals surface area (Å²) in [5.41, 5.74) is 12.0. The van der Waals surface area contributed by atoms with Crippen molar-refractivity contribution >= 4 is 33.1 Å². The molecule has 5 aromatic carbocycles. The Hall–Kier alpha value is -5.75. The number of pyridine rings is 2. The van der Waals surface area contributed by atoms with Crippen LogP contribution in [0.25, 0.3) is 72.6 Å². The second kappa shape index (κ2) is 18.4. The van der Waals surface area contributed by atoms with Crippen molar-refractivity contribution in [1.82, 2.24) is 19.5 Å². The van der Waals surface area contributed by atoms with Crippen LogP contribution in [0.2, 0.25) is 0 Å². The normalized spacial score (nSPS) is 16.5. The molecule has 1 aliphatic rings. The molecule has 0 bridgehead atoms. The third-order valence-corrected chi connectivity index (χ3v) is 12.4. The second-order valence-corrected chi connectivity index (χ2v) is 18.0. The maximum atomic E-state index is 12.7. The van der Waals surface area contributed by atoms with E-state index in [1.54, 1.807) is 24.3 Å². The van der Waals surface area contributed by atoms with Crippen LogP contribution in [0.15, 0.2) is 126 Å². The molecule has 7 heteroatoms. The van der Waals surface area contributed by atoms with Crippen LogP contribution in [0.5, 0.6) is 0 Å². The van der Waals surface area contributed by atoms with Gasteiger partial charge in [0.25, 0.3) is 0 Å². The van der Waals surface area contributed by atoms with E-state index in [-0.39, 0.29) is 54.7 Å². The Morgan fingerprint density at radius 2 is 1.56 bits per heavy atom. The van der Waals surface area contributed by atoms with Crippen molar-refractivity contribution in [2.75, 3.05) is 0 Å². The van der Waals surface area contributed by atoms with E-state index >= 15 is 0 Å². The molecule has 10 rings (SSSR count). The number of aromatic nitrogens is 4. The third kappa shape index (κ3) is 8.98. The number of hydrogen-bond donors (Lipinski definition) is 0. The summed E-state index contributed by atoms with van der Waals surface area (Å²) in [7, 11) is 0. The number of para-hydroxylation sites is 2. The third-order valence-electron chi connectivity index (χ3n) is 12.4. The monoisotopic (exact) mass is 1030 g/mol. The van der Waals surface area contributed by atoms with Crippen LogP contribution < -0.4 is 0 Å². The SMILES string of the molecule is [2H]C([2H])([2H])c1ccc(-c2[c-]cc(F)cc2)nc1.[2H]C([2H])([2H])c1ccc2c(n1)oc1c(-c3nc4ccccc4n3-c3c(C(C)C)cc(-c4ccc(C5([2H])CCC(C)(C)CC5)cc4)cc3C(C)C)[c-]ccc12.[Ir]. The molecule has 1 aliphatic carbocycles. The molecule has 1 radical (unpaired) electrons. The van der Waals surface area contributed by atoms with Crippen molar-refractivity contribution in [2.24, 2.45) is 5.41 Å². The molecule has 9 aromatic rings. The van der Waals surface area contributed by atoms with E-state index in [9.17, 15) is 5.76 Å². The summed E-state index contributed by atoms with van der Waals surface area (Å²) in [6.07, 6.45) is 5.24. The smallest absolute Gasteiger partial charge is 0.216 e. The first-order valence-corrected chi connectivity index (χ1v) is 21.8. The van der Waals surface area contributed by atoms with Crippen LogP contribution in [0.4, 0.5) is 4.39 Å². The van der Waals surface area contributed by atoms with Gasteiger partial charge >= 0.3 is 0 Å². The number of imidazole rings is 1. The molecule has 4 heterocycles. The fraction of sp³-hybridized carbons (Fsp3) is 0.281. The zero-order valence-corrected chi connectivity index (χ0v) is 39.3. The Morgan fingerprint density at radius 3 is 2.22 bits per heavy atom. The van der Waals surface area contributed by atoms with Gasteiger partial charge in [0.05, 0.1) is 22.4 Å². The quantitative estimate of drug-likeness (QED) is 0.149. The Morgan fingerprint density at radius 1 is 0.812 bits per heavy atom. The number of hydrogen-bond acceptors (Lipinski definition) is 4. The van der Waals surface area contributed by atoms with Crippen molar-refractivity contribution in [2.45, 2.75) is 98.7 Å². The topological polar surface area (TPSA) is 56.7 Å². The van der Waals surface area contributed by atoms with Crippen LogP contribution in [-0.4, -0.2) is 19.5 Å². The van der Waals surface area contributed by atoms with Gasteiger partial charge in [-0.15, -0.1) is 48.0 Å². The minimum absolute atomic E-state index is 0. The van der Waals surface area contributed by atoms with Gasteiger partial charge in [0.2, 0.25) is 5.71 Å². The van der Waals surface area contributed by atoms with E-state index in [0.29, 0.717) is 33.6 Å². The number of fused-ring (bicyclic) bond motifs is 4. The van der Waals surface area contributed by atoms with Crippen molar-refractivity contribution in [1.29, 1.82) is 0 Å². The average Bonchev–Trinajstić information content (AvgIpc) is 3.91. The van der Waals surface area contributed by atoms with Gasteiger partial charge in [-0.3, -0.25) is 9.37 Å². The molecule has 0 N–H and O–H groups in total. The Kier molecular flexibility index (Phi) is 10.5. The van der Waals surface area contributed by atoms with Gasteiger partial charge in [0, 0.05) is 58.5 Å². The van der Waals surface area contributed by atoms with Gasteiger partial charge in [-0.05, 0) is 138 Å². The summed E-state index contributed by atoms with van der Waals surface area (Å²) in [6.45, 7) is 9.10. The molecule has 5 nitrogen and oxygen atoms in total. The molecule has 0 amide bonds. The first-order chi connectivity index (χ1) is 33.1. The molecule has 1 saturated carbocycles. The van der Waals surface area contributed by atoms with Crippen LogP contribution in [0.3, 0.4) is 0 Å². The van der Waals surface area contributed by atoms with Gasteiger partial charge in [-0.25, -0.2) is 4.98 Å². The van der Waals surface area contributed by atoms with E-state index in [0.717, 1.165) is 69.9 Å². The summed E-state index contributed by atoms with van der Waals surface area (Å²) in [5, 5.41) is 1.57. The van der Waals surface area contributed by atoms with Gasteiger partial charge < -0.3 is 14.0 Å². The summed E-state index contributed by atoms with van der Waals surface area (Å²) in [5.74, 6) is 0.172. The number of halogens is 1. The van der Waals surface area contributed by atoms with Gasteiger partial charge in [0.15, 0.2) is 0 Å². The molecule has 327 valence electrons. The summed E-state index contributed by atoms with van der Waals surface area (Å²) in [4.78, 5) is 13.7. The van der Waals surface area contributed by atoms with Crippen molar-refractivity contribution in [3.8, 4) is 39.5 Å². The number of rotatable bonds is 7. The van der Waals surface area contributed by atoms with E-state index < -0.39 is 19.6 Å². The van der Waals surface area contributed by atoms with Crippen molar-refractivity contribution in [3.63, 3.8) is 0 Å². The van der Waals surface area contributed by atoms with E-state index in [1.165, 1.54) is 35.5 Å². The summed E-state index contributed by atoms with van der Waals surface area (Å²) in [6, 6.07) is 42.1. The Balaban J connectivity index is 0.000000318. The number of nitrogens with zero attached hydrogens (tertiary/aromatic N) is 4. The molecular formula is C57H55FIrN4O-2. The van der Waals surface area contributed by atoms with Crippen LogP contribution in [0.1, 0.15) is 122 Å². The van der Waals surface area contributed by atoms with Crippen LogP contribution >= 0.6 is 0 Å².